The maximum atomic E-state index is 13.4. The van der Waals surface area contributed by atoms with Crippen LogP contribution in [-0.2, 0) is 0 Å². The first-order chi connectivity index (χ1) is 10.0. The van der Waals surface area contributed by atoms with Gasteiger partial charge < -0.3 is 5.73 Å². The Balaban J connectivity index is 2.19. The molecule has 0 aliphatic heterocycles. The maximum Gasteiger partial charge on any atom is 0.153 e. The summed E-state index contributed by atoms with van der Waals surface area (Å²) in [5, 5.41) is 6.76. The van der Waals surface area contributed by atoms with Crippen LogP contribution in [0, 0.1) is 11.6 Å². The molecule has 6 heteroatoms. The van der Waals surface area contributed by atoms with Gasteiger partial charge in [-0.3, -0.25) is 5.10 Å². The van der Waals surface area contributed by atoms with E-state index in [0.717, 1.165) is 16.1 Å². The Bertz CT molecular complexity index is 777. The highest BCUT2D eigenvalue weighted by atomic mass is 79.9. The minimum atomic E-state index is -0.660. The SMILES string of the molecule is Nc1n[nH]c(-c2ccc(Br)cc2)c1-c1cc(F)cc(F)c1. The molecule has 0 amide bonds. The summed E-state index contributed by atoms with van der Waals surface area (Å²) < 4.78 is 27.8. The second kappa shape index (κ2) is 5.29. The van der Waals surface area contributed by atoms with Gasteiger partial charge in [-0.15, -0.1) is 0 Å². The van der Waals surface area contributed by atoms with Crippen molar-refractivity contribution >= 4 is 21.7 Å². The monoisotopic (exact) mass is 349 g/mol. The number of rotatable bonds is 2. The number of nitrogens with one attached hydrogen (secondary N) is 1. The first-order valence-corrected chi connectivity index (χ1v) is 6.90. The summed E-state index contributed by atoms with van der Waals surface area (Å²) in [7, 11) is 0. The molecule has 0 atom stereocenters. The van der Waals surface area contributed by atoms with E-state index in [4.69, 9.17) is 5.73 Å². The number of nitrogens with two attached hydrogens (primary N) is 1. The number of hydrogen-bond acceptors (Lipinski definition) is 2. The van der Waals surface area contributed by atoms with Crippen molar-refractivity contribution in [2.24, 2.45) is 0 Å². The molecule has 0 unspecified atom stereocenters. The second-order valence-corrected chi connectivity index (χ2v) is 5.44. The fourth-order valence-electron chi connectivity index (χ4n) is 2.17. The molecule has 0 bridgehead atoms. The first kappa shape index (κ1) is 13.8. The standard InChI is InChI=1S/C15H10BrF2N3/c16-10-3-1-8(2-4-10)14-13(15(19)21-20-14)9-5-11(17)7-12(18)6-9/h1-7H,(H3,19,20,21). The zero-order valence-electron chi connectivity index (χ0n) is 10.7. The molecule has 21 heavy (non-hydrogen) atoms. The van der Waals surface area contributed by atoms with Gasteiger partial charge in [0.25, 0.3) is 0 Å². The molecule has 3 aromatic rings. The van der Waals surface area contributed by atoms with Crippen molar-refractivity contribution in [3.05, 3.63) is 58.6 Å². The predicted octanol–water partition coefficient (Wildman–Crippen LogP) is 4.37. The number of H-pyrrole nitrogens is 1. The molecular weight excluding hydrogens is 340 g/mol. The fraction of sp³-hybridized carbons (Fsp3) is 0. The van der Waals surface area contributed by atoms with Crippen LogP contribution in [0.1, 0.15) is 0 Å². The molecule has 0 saturated heterocycles. The molecule has 3 nitrogen and oxygen atoms in total. The highest BCUT2D eigenvalue weighted by molar-refractivity contribution is 9.10. The van der Waals surface area contributed by atoms with Crippen molar-refractivity contribution in [3.8, 4) is 22.4 Å². The predicted molar refractivity (Wildman–Crippen MR) is 81.5 cm³/mol. The van der Waals surface area contributed by atoms with Crippen molar-refractivity contribution in [3.63, 3.8) is 0 Å². The van der Waals surface area contributed by atoms with Gasteiger partial charge in [-0.25, -0.2) is 8.78 Å². The minimum Gasteiger partial charge on any atom is -0.382 e. The normalized spacial score (nSPS) is 10.8. The third kappa shape index (κ3) is 2.67. The van der Waals surface area contributed by atoms with Gasteiger partial charge in [-0.1, -0.05) is 28.1 Å². The lowest BCUT2D eigenvalue weighted by molar-refractivity contribution is 0.584. The smallest absolute Gasteiger partial charge is 0.153 e. The van der Waals surface area contributed by atoms with E-state index < -0.39 is 11.6 Å². The third-order valence-electron chi connectivity index (χ3n) is 3.08. The van der Waals surface area contributed by atoms with Crippen LogP contribution in [0.2, 0.25) is 0 Å². The van der Waals surface area contributed by atoms with Crippen molar-refractivity contribution in [1.82, 2.24) is 10.2 Å². The van der Waals surface area contributed by atoms with Gasteiger partial charge in [-0.05, 0) is 29.8 Å². The number of nitrogen functional groups attached to an aromatic ring is 1. The average Bonchev–Trinajstić information content (AvgIpc) is 2.80. The summed E-state index contributed by atoms with van der Waals surface area (Å²) in [5.41, 5.74) is 8.11. The molecule has 0 fully saturated rings. The molecule has 0 radical (unpaired) electrons. The Labute approximate surface area is 127 Å². The lowest BCUT2D eigenvalue weighted by Crippen LogP contribution is -1.91. The third-order valence-corrected chi connectivity index (χ3v) is 3.61. The van der Waals surface area contributed by atoms with Gasteiger partial charge in [-0.2, -0.15) is 5.10 Å². The molecule has 3 rings (SSSR count). The number of benzene rings is 2. The van der Waals surface area contributed by atoms with Crippen LogP contribution in [0.4, 0.5) is 14.6 Å². The number of nitrogens with zero attached hydrogens (tertiary/aromatic N) is 1. The van der Waals surface area contributed by atoms with Crippen molar-refractivity contribution in [2.75, 3.05) is 5.73 Å². The molecule has 0 saturated carbocycles. The molecule has 1 aromatic heterocycles. The molecule has 1 heterocycles. The largest absolute Gasteiger partial charge is 0.382 e. The van der Waals surface area contributed by atoms with Gasteiger partial charge in [0.15, 0.2) is 5.82 Å². The van der Waals surface area contributed by atoms with E-state index in [9.17, 15) is 8.78 Å². The van der Waals surface area contributed by atoms with Gasteiger partial charge >= 0.3 is 0 Å². The number of aromatic nitrogens is 2. The summed E-state index contributed by atoms with van der Waals surface area (Å²) in [4.78, 5) is 0. The van der Waals surface area contributed by atoms with Crippen LogP contribution in [-0.4, -0.2) is 10.2 Å². The van der Waals surface area contributed by atoms with E-state index in [-0.39, 0.29) is 5.82 Å². The Hall–Kier alpha value is -2.21. The maximum absolute atomic E-state index is 13.4. The fourth-order valence-corrected chi connectivity index (χ4v) is 2.44. The van der Waals surface area contributed by atoms with E-state index in [0.29, 0.717) is 16.8 Å². The van der Waals surface area contributed by atoms with Crippen LogP contribution < -0.4 is 5.73 Å². The molecule has 106 valence electrons. The second-order valence-electron chi connectivity index (χ2n) is 4.52. The summed E-state index contributed by atoms with van der Waals surface area (Å²) in [6.45, 7) is 0. The van der Waals surface area contributed by atoms with Crippen LogP contribution in [0.15, 0.2) is 46.9 Å². The van der Waals surface area contributed by atoms with Crippen molar-refractivity contribution in [1.29, 1.82) is 0 Å². The summed E-state index contributed by atoms with van der Waals surface area (Å²) in [6.07, 6.45) is 0. The summed E-state index contributed by atoms with van der Waals surface area (Å²) in [6, 6.07) is 10.7. The highest BCUT2D eigenvalue weighted by Gasteiger charge is 2.16. The Morgan fingerprint density at radius 2 is 1.57 bits per heavy atom. The van der Waals surface area contributed by atoms with E-state index >= 15 is 0 Å². The lowest BCUT2D eigenvalue weighted by Gasteiger charge is -2.06. The Morgan fingerprint density at radius 3 is 2.19 bits per heavy atom. The zero-order chi connectivity index (χ0) is 15.0. The molecule has 0 spiro atoms. The first-order valence-electron chi connectivity index (χ1n) is 6.11. The number of aromatic amines is 1. The number of hydrogen-bond donors (Lipinski definition) is 2. The summed E-state index contributed by atoms with van der Waals surface area (Å²) in [5.74, 6) is -1.13. The molecular formula is C15H10BrF2N3. The van der Waals surface area contributed by atoms with Gasteiger partial charge in [0.1, 0.15) is 11.6 Å². The molecule has 2 aromatic carbocycles. The van der Waals surface area contributed by atoms with E-state index in [1.165, 1.54) is 12.1 Å². The molecule has 3 N–H and O–H groups in total. The zero-order valence-corrected chi connectivity index (χ0v) is 12.3. The van der Waals surface area contributed by atoms with Crippen molar-refractivity contribution in [2.45, 2.75) is 0 Å². The van der Waals surface area contributed by atoms with Crippen LogP contribution in [0.3, 0.4) is 0 Å². The Kier molecular flexibility index (Phi) is 3.47. The van der Waals surface area contributed by atoms with Gasteiger partial charge in [0.2, 0.25) is 0 Å². The lowest BCUT2D eigenvalue weighted by atomic mass is 10.0. The highest BCUT2D eigenvalue weighted by Crippen LogP contribution is 2.35. The van der Waals surface area contributed by atoms with Crippen LogP contribution >= 0.6 is 15.9 Å². The summed E-state index contributed by atoms with van der Waals surface area (Å²) >= 11 is 3.36. The number of halogens is 3. The Morgan fingerprint density at radius 1 is 0.952 bits per heavy atom. The van der Waals surface area contributed by atoms with E-state index in [1.807, 2.05) is 24.3 Å². The minimum absolute atomic E-state index is 0.193. The van der Waals surface area contributed by atoms with Crippen LogP contribution in [0.5, 0.6) is 0 Å². The number of anilines is 1. The molecule has 0 aliphatic rings. The topological polar surface area (TPSA) is 54.7 Å². The van der Waals surface area contributed by atoms with E-state index in [1.54, 1.807) is 0 Å². The molecule has 0 aliphatic carbocycles. The quantitative estimate of drug-likeness (QED) is 0.721. The van der Waals surface area contributed by atoms with E-state index in [2.05, 4.69) is 26.1 Å². The van der Waals surface area contributed by atoms with Gasteiger partial charge in [0.05, 0.1) is 11.3 Å². The average molecular weight is 350 g/mol. The van der Waals surface area contributed by atoms with Crippen LogP contribution in [0.25, 0.3) is 22.4 Å². The van der Waals surface area contributed by atoms with Gasteiger partial charge in [0, 0.05) is 16.1 Å². The van der Waals surface area contributed by atoms with Crippen molar-refractivity contribution < 1.29 is 8.78 Å².